The van der Waals surface area contributed by atoms with Gasteiger partial charge in [0.05, 0.1) is 0 Å². The normalized spacial score (nSPS) is 11.9. The van der Waals surface area contributed by atoms with Gasteiger partial charge in [0.15, 0.2) is 0 Å². The maximum absolute atomic E-state index is 11.3. The molecular formula is C14H20BrNO2. The maximum Gasteiger partial charge on any atom is 0.323 e. The van der Waals surface area contributed by atoms with Crippen molar-refractivity contribution < 1.29 is 9.90 Å². The topological polar surface area (TPSA) is 40.5 Å². The number of rotatable bonds is 5. The van der Waals surface area contributed by atoms with Gasteiger partial charge in [-0.05, 0) is 44.5 Å². The second kappa shape index (κ2) is 5.85. The van der Waals surface area contributed by atoms with Crippen LogP contribution >= 0.6 is 15.9 Å². The molecule has 0 heterocycles. The Kier molecular flexibility index (Phi) is 4.93. The van der Waals surface area contributed by atoms with Crippen molar-refractivity contribution in [2.75, 3.05) is 6.54 Å². The van der Waals surface area contributed by atoms with Crippen molar-refractivity contribution in [1.82, 2.24) is 4.90 Å². The van der Waals surface area contributed by atoms with Crippen LogP contribution in [0.4, 0.5) is 0 Å². The van der Waals surface area contributed by atoms with Gasteiger partial charge in [0.1, 0.15) is 5.54 Å². The van der Waals surface area contributed by atoms with Crippen molar-refractivity contribution >= 4 is 21.9 Å². The fourth-order valence-electron chi connectivity index (χ4n) is 1.80. The molecule has 100 valence electrons. The highest BCUT2D eigenvalue weighted by molar-refractivity contribution is 9.10. The van der Waals surface area contributed by atoms with E-state index in [0.717, 1.165) is 10.0 Å². The first-order valence-corrected chi connectivity index (χ1v) is 6.81. The third kappa shape index (κ3) is 3.33. The minimum atomic E-state index is -0.855. The van der Waals surface area contributed by atoms with Gasteiger partial charge in [-0.25, -0.2) is 0 Å². The number of carbonyl (C=O) groups is 1. The second-order valence-electron chi connectivity index (χ2n) is 4.96. The summed E-state index contributed by atoms with van der Waals surface area (Å²) >= 11 is 3.50. The van der Waals surface area contributed by atoms with Gasteiger partial charge in [0.2, 0.25) is 0 Å². The Morgan fingerprint density at radius 2 is 2.06 bits per heavy atom. The van der Waals surface area contributed by atoms with Crippen LogP contribution in [0.5, 0.6) is 0 Å². The van der Waals surface area contributed by atoms with E-state index in [4.69, 9.17) is 0 Å². The van der Waals surface area contributed by atoms with Crippen LogP contribution in [0, 0.1) is 6.92 Å². The summed E-state index contributed by atoms with van der Waals surface area (Å²) in [7, 11) is 0. The largest absolute Gasteiger partial charge is 0.480 e. The van der Waals surface area contributed by atoms with E-state index in [1.165, 1.54) is 5.56 Å². The maximum atomic E-state index is 11.3. The summed E-state index contributed by atoms with van der Waals surface area (Å²) in [6.07, 6.45) is 0. The van der Waals surface area contributed by atoms with Crippen LogP contribution in [-0.4, -0.2) is 28.1 Å². The van der Waals surface area contributed by atoms with E-state index >= 15 is 0 Å². The van der Waals surface area contributed by atoms with E-state index < -0.39 is 11.5 Å². The number of carboxylic acids is 1. The molecule has 0 spiro atoms. The van der Waals surface area contributed by atoms with Crippen LogP contribution in [0.25, 0.3) is 0 Å². The first kappa shape index (κ1) is 15.2. The molecule has 18 heavy (non-hydrogen) atoms. The second-order valence-corrected chi connectivity index (χ2v) is 5.82. The molecule has 3 nitrogen and oxygen atoms in total. The zero-order valence-corrected chi connectivity index (χ0v) is 12.9. The van der Waals surface area contributed by atoms with E-state index in [1.54, 1.807) is 13.8 Å². The van der Waals surface area contributed by atoms with E-state index in [-0.39, 0.29) is 0 Å². The van der Waals surface area contributed by atoms with Crippen molar-refractivity contribution in [1.29, 1.82) is 0 Å². The predicted molar refractivity (Wildman–Crippen MR) is 76.7 cm³/mol. The molecule has 1 aromatic rings. The predicted octanol–water partition coefficient (Wildman–Crippen LogP) is 3.44. The molecule has 1 aromatic carbocycles. The lowest BCUT2D eigenvalue weighted by atomic mass is 10.0. The molecule has 0 saturated heterocycles. The Morgan fingerprint density at radius 1 is 1.44 bits per heavy atom. The minimum absolute atomic E-state index is 0.634. The number of aliphatic carboxylic acids is 1. The molecule has 0 aliphatic carbocycles. The lowest BCUT2D eigenvalue weighted by Crippen LogP contribution is -2.49. The summed E-state index contributed by atoms with van der Waals surface area (Å²) in [4.78, 5) is 13.2. The molecule has 0 aromatic heterocycles. The first-order valence-electron chi connectivity index (χ1n) is 6.02. The first-order chi connectivity index (χ1) is 8.28. The third-order valence-electron chi connectivity index (χ3n) is 3.31. The van der Waals surface area contributed by atoms with Gasteiger partial charge < -0.3 is 5.11 Å². The summed E-state index contributed by atoms with van der Waals surface area (Å²) < 4.78 is 1.06. The van der Waals surface area contributed by atoms with Crippen molar-refractivity contribution in [3.8, 4) is 0 Å². The SMILES string of the molecule is CCN(Cc1ccc(C)c(Br)c1)C(C)(C)C(=O)O. The number of benzene rings is 1. The van der Waals surface area contributed by atoms with Gasteiger partial charge >= 0.3 is 5.97 Å². The van der Waals surface area contributed by atoms with E-state index in [0.29, 0.717) is 13.1 Å². The van der Waals surface area contributed by atoms with Gasteiger partial charge in [0, 0.05) is 11.0 Å². The molecule has 0 saturated carbocycles. The Labute approximate surface area is 117 Å². The Morgan fingerprint density at radius 3 is 2.50 bits per heavy atom. The van der Waals surface area contributed by atoms with E-state index in [2.05, 4.69) is 22.0 Å². The highest BCUT2D eigenvalue weighted by Gasteiger charge is 2.33. The van der Waals surface area contributed by atoms with Gasteiger partial charge in [0.25, 0.3) is 0 Å². The summed E-state index contributed by atoms with van der Waals surface area (Å²) in [5.41, 5.74) is 1.44. The molecular weight excluding hydrogens is 294 g/mol. The van der Waals surface area contributed by atoms with Gasteiger partial charge in [-0.2, -0.15) is 0 Å². The zero-order valence-electron chi connectivity index (χ0n) is 11.3. The summed E-state index contributed by atoms with van der Waals surface area (Å²) in [5.74, 6) is -0.796. The molecule has 0 atom stereocenters. The number of halogens is 1. The average molecular weight is 314 g/mol. The van der Waals surface area contributed by atoms with Crippen LogP contribution in [-0.2, 0) is 11.3 Å². The molecule has 4 heteroatoms. The van der Waals surface area contributed by atoms with Gasteiger partial charge in [-0.1, -0.05) is 35.0 Å². The summed E-state index contributed by atoms with van der Waals surface area (Å²) in [5, 5.41) is 9.27. The van der Waals surface area contributed by atoms with Crippen LogP contribution in [0.3, 0.4) is 0 Å². The Hall–Kier alpha value is -0.870. The third-order valence-corrected chi connectivity index (χ3v) is 4.16. The molecule has 0 bridgehead atoms. The number of hydrogen-bond donors (Lipinski definition) is 1. The summed E-state index contributed by atoms with van der Waals surface area (Å²) in [6, 6.07) is 6.14. The molecule has 0 fully saturated rings. The molecule has 1 rings (SSSR count). The summed E-state index contributed by atoms with van der Waals surface area (Å²) in [6.45, 7) is 8.82. The molecule has 0 radical (unpaired) electrons. The van der Waals surface area contributed by atoms with Crippen molar-refractivity contribution in [2.24, 2.45) is 0 Å². The quantitative estimate of drug-likeness (QED) is 0.905. The molecule has 0 aliphatic heterocycles. The lowest BCUT2D eigenvalue weighted by molar-refractivity contribution is -0.149. The van der Waals surface area contributed by atoms with Gasteiger partial charge in [-0.3, -0.25) is 9.69 Å². The number of aryl methyl sites for hydroxylation is 1. The molecule has 0 amide bonds. The highest BCUT2D eigenvalue weighted by Crippen LogP contribution is 2.22. The number of likely N-dealkylation sites (N-methyl/N-ethyl adjacent to an activating group) is 1. The van der Waals surface area contributed by atoms with Crippen LogP contribution < -0.4 is 0 Å². The number of hydrogen-bond acceptors (Lipinski definition) is 2. The zero-order chi connectivity index (χ0) is 13.9. The average Bonchev–Trinajstić information content (AvgIpc) is 2.30. The van der Waals surface area contributed by atoms with Gasteiger partial charge in [-0.15, -0.1) is 0 Å². The van der Waals surface area contributed by atoms with Crippen LogP contribution in [0.15, 0.2) is 22.7 Å². The van der Waals surface area contributed by atoms with Crippen LogP contribution in [0.2, 0.25) is 0 Å². The Balaban J connectivity index is 2.93. The number of carboxylic acid groups (broad SMARTS) is 1. The number of nitrogens with zero attached hydrogens (tertiary/aromatic N) is 1. The standard InChI is InChI=1S/C14H20BrNO2/c1-5-16(14(3,4)13(17)18)9-11-7-6-10(2)12(15)8-11/h6-8H,5,9H2,1-4H3,(H,17,18). The highest BCUT2D eigenvalue weighted by atomic mass is 79.9. The fourth-order valence-corrected chi connectivity index (χ4v) is 2.22. The molecule has 1 N–H and O–H groups in total. The van der Waals surface area contributed by atoms with Crippen molar-refractivity contribution in [2.45, 2.75) is 39.8 Å². The van der Waals surface area contributed by atoms with Crippen LogP contribution in [0.1, 0.15) is 31.9 Å². The fraction of sp³-hybridized carbons (Fsp3) is 0.500. The minimum Gasteiger partial charge on any atom is -0.480 e. The molecule has 0 unspecified atom stereocenters. The molecule has 0 aliphatic rings. The van der Waals surface area contributed by atoms with Crippen molar-refractivity contribution in [3.05, 3.63) is 33.8 Å². The van der Waals surface area contributed by atoms with E-state index in [9.17, 15) is 9.90 Å². The lowest BCUT2D eigenvalue weighted by Gasteiger charge is -2.34. The van der Waals surface area contributed by atoms with Crippen molar-refractivity contribution in [3.63, 3.8) is 0 Å². The monoisotopic (exact) mass is 313 g/mol. The van der Waals surface area contributed by atoms with E-state index in [1.807, 2.05) is 30.9 Å². The smallest absolute Gasteiger partial charge is 0.323 e. The Bertz CT molecular complexity index is 443.